The third-order valence-electron chi connectivity index (χ3n) is 6.27. The number of ketones is 1. The van der Waals surface area contributed by atoms with Crippen LogP contribution in [0.25, 0.3) is 0 Å². The summed E-state index contributed by atoms with van der Waals surface area (Å²) in [4.78, 5) is 26.1. The molecule has 0 aromatic heterocycles. The predicted molar refractivity (Wildman–Crippen MR) is 107 cm³/mol. The second-order valence-electron chi connectivity index (χ2n) is 8.57. The Kier molecular flexibility index (Phi) is 6.10. The van der Waals surface area contributed by atoms with Crippen molar-refractivity contribution < 1.29 is 14.3 Å². The number of carbonyl (C=O) groups is 2. The summed E-state index contributed by atoms with van der Waals surface area (Å²) >= 11 is 0. The monoisotopic (exact) mass is 367 g/mol. The Hall–Kier alpha value is -1.62. The van der Waals surface area contributed by atoms with Gasteiger partial charge < -0.3 is 9.64 Å². The standard InChI is InChI=1S/C22H30BNO3/c1-15(25)18-12-8-7-11-17(18)14-20-19(13-16-9-5-4-6-10-16)24(21(23)26)22(2,3)27-20/h4-6,9-10,17-20H,7-8,11-14H2,1-3H3/t17?,18?,19-,20+/m0/s1. The first-order chi connectivity index (χ1) is 12.8. The SMILES string of the molecule is [B]C(=O)N1[C@@H](Cc2ccccc2)[C@@H](CC2CCCCC2C(C)=O)OC1(C)C. The summed E-state index contributed by atoms with van der Waals surface area (Å²) in [5, 5.41) is 0. The molecule has 4 atom stereocenters. The first-order valence-corrected chi connectivity index (χ1v) is 10.1. The van der Waals surface area contributed by atoms with E-state index in [0.29, 0.717) is 12.3 Å². The molecule has 1 amide bonds. The van der Waals surface area contributed by atoms with Gasteiger partial charge in [-0.25, -0.2) is 0 Å². The molecule has 144 valence electrons. The second kappa shape index (κ2) is 8.18. The number of hydrogen-bond acceptors (Lipinski definition) is 3. The molecule has 4 nitrogen and oxygen atoms in total. The van der Waals surface area contributed by atoms with Gasteiger partial charge in [-0.15, -0.1) is 0 Å². The lowest BCUT2D eigenvalue weighted by Crippen LogP contribution is -2.49. The van der Waals surface area contributed by atoms with E-state index >= 15 is 0 Å². The van der Waals surface area contributed by atoms with Crippen LogP contribution in [0.15, 0.2) is 30.3 Å². The lowest BCUT2D eigenvalue weighted by atomic mass is 9.74. The maximum absolute atomic E-state index is 12.2. The summed E-state index contributed by atoms with van der Waals surface area (Å²) in [5.41, 5.74) is 0.419. The summed E-state index contributed by atoms with van der Waals surface area (Å²) in [7, 11) is 5.74. The molecule has 1 saturated heterocycles. The van der Waals surface area contributed by atoms with Gasteiger partial charge in [0.2, 0.25) is 7.85 Å². The molecule has 2 radical (unpaired) electrons. The minimum Gasteiger partial charge on any atom is -0.351 e. The summed E-state index contributed by atoms with van der Waals surface area (Å²) in [6.45, 7) is 5.51. The molecule has 1 saturated carbocycles. The Morgan fingerprint density at radius 1 is 1.19 bits per heavy atom. The molecule has 2 fully saturated rings. The van der Waals surface area contributed by atoms with E-state index < -0.39 is 11.5 Å². The van der Waals surface area contributed by atoms with Crippen molar-refractivity contribution in [3.8, 4) is 0 Å². The Morgan fingerprint density at radius 2 is 1.85 bits per heavy atom. The maximum Gasteiger partial charge on any atom is 0.200 e. The van der Waals surface area contributed by atoms with Crippen molar-refractivity contribution in [2.24, 2.45) is 11.8 Å². The van der Waals surface area contributed by atoms with Crippen LogP contribution in [0.2, 0.25) is 0 Å². The number of Topliss-reactive ketones (excluding diaryl/α,β-unsaturated/α-hetero) is 1. The highest BCUT2D eigenvalue weighted by Crippen LogP contribution is 2.41. The highest BCUT2D eigenvalue weighted by atomic mass is 16.5. The van der Waals surface area contributed by atoms with E-state index in [2.05, 4.69) is 12.1 Å². The largest absolute Gasteiger partial charge is 0.351 e. The molecule has 0 spiro atoms. The molecule has 5 heteroatoms. The van der Waals surface area contributed by atoms with E-state index in [0.717, 1.165) is 37.7 Å². The Labute approximate surface area is 164 Å². The fourth-order valence-corrected chi connectivity index (χ4v) is 5.11. The number of hydrogen-bond donors (Lipinski definition) is 0. The molecule has 2 unspecified atom stereocenters. The van der Waals surface area contributed by atoms with Crippen molar-refractivity contribution in [2.45, 2.75) is 77.2 Å². The molecule has 2 aliphatic rings. The summed E-state index contributed by atoms with van der Waals surface area (Å²) in [6.07, 6.45) is 5.70. The van der Waals surface area contributed by atoms with Crippen molar-refractivity contribution in [2.75, 3.05) is 0 Å². The van der Waals surface area contributed by atoms with E-state index in [-0.39, 0.29) is 23.8 Å². The molecule has 0 bridgehead atoms. The molecular formula is C22H30BNO3. The quantitative estimate of drug-likeness (QED) is 0.736. The lowest BCUT2D eigenvalue weighted by Gasteiger charge is -2.34. The first kappa shape index (κ1) is 20.1. The van der Waals surface area contributed by atoms with Crippen LogP contribution in [-0.2, 0) is 16.0 Å². The Balaban J connectivity index is 1.84. The second-order valence-corrected chi connectivity index (χ2v) is 8.57. The third kappa shape index (κ3) is 4.45. The lowest BCUT2D eigenvalue weighted by molar-refractivity contribution is -0.124. The number of benzene rings is 1. The van der Waals surface area contributed by atoms with Gasteiger partial charge in [-0.2, -0.15) is 0 Å². The van der Waals surface area contributed by atoms with Crippen LogP contribution in [0.5, 0.6) is 0 Å². The summed E-state index contributed by atoms with van der Waals surface area (Å²) in [6, 6.07) is 10.0. The van der Waals surface area contributed by atoms with Gasteiger partial charge in [0.25, 0.3) is 0 Å². The zero-order valence-electron chi connectivity index (χ0n) is 16.7. The van der Waals surface area contributed by atoms with Crippen LogP contribution in [-0.4, -0.2) is 42.2 Å². The fraction of sp³-hybridized carbons (Fsp3) is 0.636. The van der Waals surface area contributed by atoms with Crippen molar-refractivity contribution in [1.82, 2.24) is 4.90 Å². The molecule has 1 aromatic rings. The molecule has 1 aliphatic carbocycles. The van der Waals surface area contributed by atoms with Gasteiger partial charge in [0.15, 0.2) is 5.81 Å². The van der Waals surface area contributed by atoms with E-state index in [4.69, 9.17) is 12.6 Å². The van der Waals surface area contributed by atoms with Crippen molar-refractivity contribution in [1.29, 1.82) is 0 Å². The third-order valence-corrected chi connectivity index (χ3v) is 6.27. The van der Waals surface area contributed by atoms with Crippen molar-refractivity contribution >= 4 is 19.4 Å². The van der Waals surface area contributed by atoms with Gasteiger partial charge in [-0.05, 0) is 57.9 Å². The fourth-order valence-electron chi connectivity index (χ4n) is 5.11. The van der Waals surface area contributed by atoms with Crippen LogP contribution in [0, 0.1) is 11.8 Å². The number of rotatable bonds is 5. The molecule has 1 heterocycles. The van der Waals surface area contributed by atoms with Gasteiger partial charge in [0, 0.05) is 5.92 Å². The summed E-state index contributed by atoms with van der Waals surface area (Å²) < 4.78 is 6.35. The molecular weight excluding hydrogens is 337 g/mol. The smallest absolute Gasteiger partial charge is 0.200 e. The topological polar surface area (TPSA) is 46.6 Å². The van der Waals surface area contributed by atoms with Gasteiger partial charge in [-0.1, -0.05) is 43.2 Å². The molecule has 0 N–H and O–H groups in total. The van der Waals surface area contributed by atoms with Gasteiger partial charge in [0.05, 0.1) is 12.1 Å². The number of nitrogens with zero attached hydrogens (tertiary/aromatic N) is 1. The van der Waals surface area contributed by atoms with Crippen LogP contribution >= 0.6 is 0 Å². The summed E-state index contributed by atoms with van der Waals surface area (Å²) in [5.74, 6) is 0.270. The van der Waals surface area contributed by atoms with E-state index in [1.54, 1.807) is 11.8 Å². The normalized spacial score (nSPS) is 30.3. The number of amides is 1. The van der Waals surface area contributed by atoms with Gasteiger partial charge >= 0.3 is 0 Å². The first-order valence-electron chi connectivity index (χ1n) is 10.1. The van der Waals surface area contributed by atoms with Crippen molar-refractivity contribution in [3.63, 3.8) is 0 Å². The minimum atomic E-state index is -0.740. The number of carbonyl (C=O) groups excluding carboxylic acids is 2. The predicted octanol–water partition coefficient (Wildman–Crippen LogP) is 4.11. The van der Waals surface area contributed by atoms with Crippen molar-refractivity contribution in [3.05, 3.63) is 35.9 Å². The van der Waals surface area contributed by atoms with E-state index in [1.165, 1.54) is 0 Å². The highest BCUT2D eigenvalue weighted by Gasteiger charge is 2.49. The van der Waals surface area contributed by atoms with E-state index in [1.807, 2.05) is 32.0 Å². The zero-order valence-corrected chi connectivity index (χ0v) is 16.7. The Bertz CT molecular complexity index is 675. The highest BCUT2D eigenvalue weighted by molar-refractivity contribution is 6.57. The van der Waals surface area contributed by atoms with Gasteiger partial charge in [0.1, 0.15) is 11.5 Å². The van der Waals surface area contributed by atoms with Crippen LogP contribution < -0.4 is 0 Å². The van der Waals surface area contributed by atoms with Gasteiger partial charge in [-0.3, -0.25) is 9.59 Å². The average Bonchev–Trinajstić information content (AvgIpc) is 2.85. The number of ether oxygens (including phenoxy) is 1. The zero-order chi connectivity index (χ0) is 19.6. The Morgan fingerprint density at radius 3 is 2.48 bits per heavy atom. The molecule has 1 aromatic carbocycles. The van der Waals surface area contributed by atoms with Crippen LogP contribution in [0.3, 0.4) is 0 Å². The average molecular weight is 367 g/mol. The molecule has 1 aliphatic heterocycles. The molecule has 3 rings (SSSR count). The maximum atomic E-state index is 12.2. The minimum absolute atomic E-state index is 0.113. The van der Waals surface area contributed by atoms with Crippen LogP contribution in [0.1, 0.15) is 58.4 Å². The molecule has 27 heavy (non-hydrogen) atoms. The van der Waals surface area contributed by atoms with E-state index in [9.17, 15) is 9.59 Å². The van der Waals surface area contributed by atoms with Crippen LogP contribution in [0.4, 0.5) is 4.79 Å².